The van der Waals surface area contributed by atoms with Crippen LogP contribution in [0.1, 0.15) is 31.4 Å². The Labute approximate surface area is 197 Å². The van der Waals surface area contributed by atoms with Gasteiger partial charge in [0.25, 0.3) is 0 Å². The van der Waals surface area contributed by atoms with Gasteiger partial charge >= 0.3 is 0 Å². The molecule has 0 radical (unpaired) electrons. The van der Waals surface area contributed by atoms with Crippen molar-refractivity contribution in [3.8, 4) is 17.2 Å². The Morgan fingerprint density at radius 2 is 1.67 bits per heavy atom. The molecule has 0 amide bonds. The highest BCUT2D eigenvalue weighted by Gasteiger charge is 2.32. The number of hydrogen-bond donors (Lipinski definition) is 1. The fraction of sp³-hybridized carbons (Fsp3) is 0.400. The fourth-order valence-electron chi connectivity index (χ4n) is 3.15. The maximum atomic E-state index is 13.3. The molecule has 0 bridgehead atoms. The van der Waals surface area contributed by atoms with Gasteiger partial charge in [-0.25, -0.2) is 18.4 Å². The molecule has 0 aliphatic carbocycles. The van der Waals surface area contributed by atoms with Crippen LogP contribution >= 0.6 is 11.6 Å². The lowest BCUT2D eigenvalue weighted by molar-refractivity contribution is 0.176. The molecule has 11 nitrogen and oxygen atoms in total. The average Bonchev–Trinajstić information content (AvgIpc) is 3.18. The Morgan fingerprint density at radius 3 is 2.21 bits per heavy atom. The monoisotopic (exact) mass is 496 g/mol. The number of hydrogen-bond acceptors (Lipinski definition) is 9. The molecular formula is C20H25ClN6O5S. The van der Waals surface area contributed by atoms with Crippen LogP contribution in [0, 0.1) is 0 Å². The van der Waals surface area contributed by atoms with Crippen LogP contribution in [0.4, 0.5) is 5.95 Å². The van der Waals surface area contributed by atoms with Gasteiger partial charge in [-0.3, -0.25) is 9.29 Å². The first-order valence-electron chi connectivity index (χ1n) is 9.87. The largest absolute Gasteiger partial charge is 0.494 e. The zero-order chi connectivity index (χ0) is 24.2. The Balaban J connectivity index is 2.04. The van der Waals surface area contributed by atoms with Crippen molar-refractivity contribution >= 4 is 27.6 Å². The Hall–Kier alpha value is -2.96. The summed E-state index contributed by atoms with van der Waals surface area (Å²) in [5.74, 6) is 0.993. The van der Waals surface area contributed by atoms with Crippen molar-refractivity contribution < 1.29 is 22.6 Å². The van der Waals surface area contributed by atoms with Crippen LogP contribution in [0.3, 0.4) is 0 Å². The summed E-state index contributed by atoms with van der Waals surface area (Å²) >= 11 is 5.84. The number of sulfonamides is 1. The number of para-hydroxylation sites is 1. The minimum Gasteiger partial charge on any atom is -0.494 e. The summed E-state index contributed by atoms with van der Waals surface area (Å²) in [6, 6.07) is 5.19. The first kappa shape index (κ1) is 24.7. The molecule has 13 heteroatoms. The average molecular weight is 497 g/mol. The van der Waals surface area contributed by atoms with Crippen molar-refractivity contribution in [2.75, 3.05) is 26.1 Å². The summed E-state index contributed by atoms with van der Waals surface area (Å²) in [6.45, 7) is 3.35. The van der Waals surface area contributed by atoms with Crippen molar-refractivity contribution in [1.29, 1.82) is 0 Å². The number of nitrogens with zero attached hydrogens (tertiary/aromatic N) is 5. The Morgan fingerprint density at radius 1 is 1.06 bits per heavy atom. The summed E-state index contributed by atoms with van der Waals surface area (Å²) in [7, 11) is 0.544. The third-order valence-electron chi connectivity index (χ3n) is 5.10. The van der Waals surface area contributed by atoms with Gasteiger partial charge in [0.15, 0.2) is 5.82 Å². The summed E-state index contributed by atoms with van der Waals surface area (Å²) < 4.78 is 46.8. The molecule has 178 valence electrons. The van der Waals surface area contributed by atoms with E-state index in [2.05, 4.69) is 24.9 Å². The van der Waals surface area contributed by atoms with Gasteiger partial charge in [-0.05, 0) is 19.1 Å². The summed E-state index contributed by atoms with van der Waals surface area (Å²) in [6.07, 6.45) is 2.85. The van der Waals surface area contributed by atoms with Gasteiger partial charge in [0, 0.05) is 25.4 Å². The molecule has 2 unspecified atom stereocenters. The van der Waals surface area contributed by atoms with E-state index in [0.717, 1.165) is 0 Å². The molecule has 33 heavy (non-hydrogen) atoms. The lowest BCUT2D eigenvalue weighted by Crippen LogP contribution is -2.31. The normalized spacial score (nSPS) is 13.4. The molecule has 2 heterocycles. The van der Waals surface area contributed by atoms with E-state index in [1.807, 2.05) is 0 Å². The standard InChI is InChI=1S/C20H25ClN6O5S/c1-12(19-22-9-14(21)10-23-19)13(2)33(28,29)26-20-25-24-17(11-30-3)27(20)18-15(31-4)7-6-8-16(18)32-5/h6-10,12-13H,11H2,1-5H3,(H,25,26). The fourth-order valence-corrected chi connectivity index (χ4v) is 4.48. The number of aromatic nitrogens is 5. The topological polar surface area (TPSA) is 130 Å². The number of rotatable bonds is 10. The number of methoxy groups -OCH3 is 3. The van der Waals surface area contributed by atoms with E-state index >= 15 is 0 Å². The van der Waals surface area contributed by atoms with Crippen LogP contribution in [0.15, 0.2) is 30.6 Å². The van der Waals surface area contributed by atoms with Crippen LogP contribution in [0.25, 0.3) is 5.69 Å². The first-order chi connectivity index (χ1) is 15.7. The summed E-state index contributed by atoms with van der Waals surface area (Å²) in [5, 5.41) is 7.61. The molecule has 0 saturated carbocycles. The van der Waals surface area contributed by atoms with Crippen molar-refractivity contribution in [3.63, 3.8) is 0 Å². The quantitative estimate of drug-likeness (QED) is 0.450. The minimum absolute atomic E-state index is 0.0408. The van der Waals surface area contributed by atoms with Gasteiger partial charge in [-0.1, -0.05) is 24.6 Å². The second kappa shape index (κ2) is 10.3. The second-order valence-corrected chi connectivity index (χ2v) is 9.59. The minimum atomic E-state index is -3.95. The molecule has 0 aliphatic rings. The van der Waals surface area contributed by atoms with Crippen molar-refractivity contribution in [3.05, 3.63) is 47.3 Å². The van der Waals surface area contributed by atoms with Crippen molar-refractivity contribution in [2.45, 2.75) is 31.6 Å². The van der Waals surface area contributed by atoms with Crippen molar-refractivity contribution in [2.24, 2.45) is 0 Å². The maximum Gasteiger partial charge on any atom is 0.243 e. The number of halogens is 1. The Bertz CT molecular complexity index is 1180. The first-order valence-corrected chi connectivity index (χ1v) is 11.8. The van der Waals surface area contributed by atoms with Crippen LogP contribution in [0.5, 0.6) is 11.5 Å². The van der Waals surface area contributed by atoms with E-state index in [4.69, 9.17) is 25.8 Å². The van der Waals surface area contributed by atoms with E-state index in [-0.39, 0.29) is 12.6 Å². The highest BCUT2D eigenvalue weighted by molar-refractivity contribution is 7.93. The molecule has 0 aliphatic heterocycles. The molecule has 2 atom stereocenters. The van der Waals surface area contributed by atoms with Crippen LogP contribution in [-0.4, -0.2) is 59.7 Å². The number of ether oxygens (including phenoxy) is 3. The lowest BCUT2D eigenvalue weighted by atomic mass is 10.1. The highest BCUT2D eigenvalue weighted by atomic mass is 35.5. The van der Waals surface area contributed by atoms with Gasteiger partial charge in [-0.15, -0.1) is 10.2 Å². The van der Waals surface area contributed by atoms with Crippen molar-refractivity contribution in [1.82, 2.24) is 24.7 Å². The molecule has 0 spiro atoms. The molecule has 0 saturated heterocycles. The van der Waals surface area contributed by atoms with E-state index < -0.39 is 21.2 Å². The van der Waals surface area contributed by atoms with E-state index in [0.29, 0.717) is 33.9 Å². The molecular weight excluding hydrogens is 472 g/mol. The molecule has 3 rings (SSSR count). The SMILES string of the molecule is COCc1nnc(NS(=O)(=O)C(C)C(C)c2ncc(Cl)cn2)n1-c1c(OC)cccc1OC. The van der Waals surface area contributed by atoms with Gasteiger partial charge in [0.1, 0.15) is 29.6 Å². The van der Waals surface area contributed by atoms with Crippen LogP contribution in [-0.2, 0) is 21.4 Å². The molecule has 3 aromatic rings. The Kier molecular flexibility index (Phi) is 7.72. The highest BCUT2D eigenvalue weighted by Crippen LogP contribution is 2.35. The van der Waals surface area contributed by atoms with E-state index in [1.165, 1.54) is 38.3 Å². The third-order valence-corrected chi connectivity index (χ3v) is 7.15. The zero-order valence-electron chi connectivity index (χ0n) is 18.8. The predicted octanol–water partition coefficient (Wildman–Crippen LogP) is 2.81. The summed E-state index contributed by atoms with van der Waals surface area (Å²) in [4.78, 5) is 8.28. The van der Waals surface area contributed by atoms with E-state index in [1.54, 1.807) is 32.0 Å². The summed E-state index contributed by atoms with van der Waals surface area (Å²) in [5.41, 5.74) is 0.430. The van der Waals surface area contributed by atoms with Crippen LogP contribution in [0.2, 0.25) is 5.02 Å². The smallest absolute Gasteiger partial charge is 0.243 e. The van der Waals surface area contributed by atoms with Gasteiger partial charge in [0.05, 0.1) is 24.5 Å². The van der Waals surface area contributed by atoms with E-state index in [9.17, 15) is 8.42 Å². The van der Waals surface area contributed by atoms with Crippen LogP contribution < -0.4 is 14.2 Å². The zero-order valence-corrected chi connectivity index (χ0v) is 20.4. The third kappa shape index (κ3) is 5.18. The molecule has 1 aromatic carbocycles. The lowest BCUT2D eigenvalue weighted by Gasteiger charge is -2.21. The predicted molar refractivity (Wildman–Crippen MR) is 123 cm³/mol. The maximum absolute atomic E-state index is 13.3. The number of benzene rings is 1. The molecule has 1 N–H and O–H groups in total. The van der Waals surface area contributed by atoms with Gasteiger partial charge < -0.3 is 14.2 Å². The van der Waals surface area contributed by atoms with Gasteiger partial charge in [0.2, 0.25) is 16.0 Å². The molecule has 0 fully saturated rings. The second-order valence-electron chi connectivity index (χ2n) is 7.12. The molecule has 2 aromatic heterocycles. The van der Waals surface area contributed by atoms with Gasteiger partial charge in [-0.2, -0.15) is 0 Å². The number of nitrogens with one attached hydrogen (secondary N) is 1. The number of anilines is 1.